The van der Waals surface area contributed by atoms with Crippen LogP contribution in [0, 0.1) is 5.92 Å². The molecule has 0 aromatic heterocycles. The van der Waals surface area contributed by atoms with Crippen molar-refractivity contribution in [2.75, 3.05) is 0 Å². The zero-order valence-corrected chi connectivity index (χ0v) is 8.82. The van der Waals surface area contributed by atoms with E-state index in [1.165, 1.54) is 38.5 Å². The van der Waals surface area contributed by atoms with E-state index in [2.05, 4.69) is 20.8 Å². The zero-order valence-electron chi connectivity index (χ0n) is 8.82. The lowest BCUT2D eigenvalue weighted by Crippen LogP contribution is -1.96. The molecule has 0 fully saturated rings. The van der Waals surface area contributed by atoms with Crippen LogP contribution in [0.3, 0.4) is 0 Å². The predicted octanol–water partition coefficient (Wildman–Crippen LogP) is 4.31. The zero-order chi connectivity index (χ0) is 8.97. The molecule has 0 nitrogen and oxygen atoms in total. The second-order valence-electron chi connectivity index (χ2n) is 4.11. The van der Waals surface area contributed by atoms with E-state index in [0.717, 1.165) is 5.92 Å². The maximum Gasteiger partial charge on any atom is -0.0292 e. The predicted molar refractivity (Wildman–Crippen MR) is 55.2 cm³/mol. The number of allylic oxidation sites excluding steroid dienone is 2. The number of rotatable bonds is 2. The standard InChI is InChI=1S/C12H22/c1-4-11-7-6-8-12(5-2)10(3)9-11/h11H,4-9H2,1-3H3. The Bertz CT molecular complexity index is 165. The molecule has 1 aliphatic carbocycles. The first-order valence-electron chi connectivity index (χ1n) is 5.45. The van der Waals surface area contributed by atoms with E-state index in [9.17, 15) is 0 Å². The quantitative estimate of drug-likeness (QED) is 0.536. The Labute approximate surface area is 77.1 Å². The fourth-order valence-corrected chi connectivity index (χ4v) is 2.32. The second-order valence-corrected chi connectivity index (χ2v) is 4.11. The Morgan fingerprint density at radius 1 is 1.33 bits per heavy atom. The van der Waals surface area contributed by atoms with Gasteiger partial charge in [-0.1, -0.05) is 31.4 Å². The molecule has 0 heterocycles. The van der Waals surface area contributed by atoms with Gasteiger partial charge in [-0.05, 0) is 44.9 Å². The maximum atomic E-state index is 2.34. The molecule has 0 aromatic carbocycles. The van der Waals surface area contributed by atoms with Crippen molar-refractivity contribution in [1.82, 2.24) is 0 Å². The smallest absolute Gasteiger partial charge is 0.0292 e. The van der Waals surface area contributed by atoms with Gasteiger partial charge in [0.1, 0.15) is 0 Å². The van der Waals surface area contributed by atoms with Crippen LogP contribution >= 0.6 is 0 Å². The van der Waals surface area contributed by atoms with Crippen molar-refractivity contribution in [1.29, 1.82) is 0 Å². The minimum absolute atomic E-state index is 0.981. The van der Waals surface area contributed by atoms with Gasteiger partial charge in [0.25, 0.3) is 0 Å². The monoisotopic (exact) mass is 166 g/mol. The lowest BCUT2D eigenvalue weighted by Gasteiger charge is -2.11. The molecule has 1 aliphatic rings. The van der Waals surface area contributed by atoms with Crippen LogP contribution in [0.2, 0.25) is 0 Å². The molecule has 70 valence electrons. The minimum atomic E-state index is 0.981. The third-order valence-corrected chi connectivity index (χ3v) is 3.29. The average molecular weight is 166 g/mol. The summed E-state index contributed by atoms with van der Waals surface area (Å²) in [7, 11) is 0. The molecular weight excluding hydrogens is 144 g/mol. The van der Waals surface area contributed by atoms with Crippen LogP contribution in [0.1, 0.15) is 59.3 Å². The highest BCUT2D eigenvalue weighted by Gasteiger charge is 2.13. The van der Waals surface area contributed by atoms with Crippen molar-refractivity contribution in [3.8, 4) is 0 Å². The third-order valence-electron chi connectivity index (χ3n) is 3.29. The van der Waals surface area contributed by atoms with Crippen LogP contribution in [-0.2, 0) is 0 Å². The van der Waals surface area contributed by atoms with Gasteiger partial charge in [-0.25, -0.2) is 0 Å². The van der Waals surface area contributed by atoms with E-state index in [4.69, 9.17) is 0 Å². The summed E-state index contributed by atoms with van der Waals surface area (Å²) in [4.78, 5) is 0. The van der Waals surface area contributed by atoms with E-state index >= 15 is 0 Å². The van der Waals surface area contributed by atoms with Crippen molar-refractivity contribution in [2.45, 2.75) is 59.3 Å². The molecule has 0 spiro atoms. The molecule has 0 bridgehead atoms. The highest BCUT2D eigenvalue weighted by molar-refractivity contribution is 5.13. The van der Waals surface area contributed by atoms with Gasteiger partial charge in [0.05, 0.1) is 0 Å². The summed E-state index contributed by atoms with van der Waals surface area (Å²) in [5, 5.41) is 0. The lowest BCUT2D eigenvalue weighted by atomic mass is 9.95. The van der Waals surface area contributed by atoms with Crippen molar-refractivity contribution in [2.24, 2.45) is 5.92 Å². The van der Waals surface area contributed by atoms with Crippen molar-refractivity contribution < 1.29 is 0 Å². The fraction of sp³-hybridized carbons (Fsp3) is 0.833. The molecule has 0 heteroatoms. The molecule has 0 saturated carbocycles. The van der Waals surface area contributed by atoms with Gasteiger partial charge in [0, 0.05) is 0 Å². The maximum absolute atomic E-state index is 2.34. The molecule has 0 N–H and O–H groups in total. The van der Waals surface area contributed by atoms with Crippen molar-refractivity contribution in [3.63, 3.8) is 0 Å². The third kappa shape index (κ3) is 2.36. The summed E-state index contributed by atoms with van der Waals surface area (Å²) >= 11 is 0. The van der Waals surface area contributed by atoms with Crippen LogP contribution in [0.5, 0.6) is 0 Å². The molecule has 0 aromatic rings. The average Bonchev–Trinajstić information content (AvgIpc) is 2.26. The first-order chi connectivity index (χ1) is 5.77. The van der Waals surface area contributed by atoms with E-state index in [0.29, 0.717) is 0 Å². The Morgan fingerprint density at radius 3 is 2.67 bits per heavy atom. The van der Waals surface area contributed by atoms with E-state index < -0.39 is 0 Å². The van der Waals surface area contributed by atoms with Gasteiger partial charge in [0.15, 0.2) is 0 Å². The summed E-state index contributed by atoms with van der Waals surface area (Å²) in [5.74, 6) is 0.981. The van der Waals surface area contributed by atoms with Crippen LogP contribution in [0.15, 0.2) is 11.1 Å². The highest BCUT2D eigenvalue weighted by Crippen LogP contribution is 2.30. The van der Waals surface area contributed by atoms with Crippen LogP contribution in [0.4, 0.5) is 0 Å². The Hall–Kier alpha value is -0.260. The van der Waals surface area contributed by atoms with Gasteiger partial charge < -0.3 is 0 Å². The van der Waals surface area contributed by atoms with Gasteiger partial charge >= 0.3 is 0 Å². The van der Waals surface area contributed by atoms with E-state index in [1.807, 2.05) is 0 Å². The summed E-state index contributed by atoms with van der Waals surface area (Å²) in [6, 6.07) is 0. The highest BCUT2D eigenvalue weighted by atomic mass is 14.2. The van der Waals surface area contributed by atoms with Crippen molar-refractivity contribution >= 4 is 0 Å². The van der Waals surface area contributed by atoms with Crippen molar-refractivity contribution in [3.05, 3.63) is 11.1 Å². The van der Waals surface area contributed by atoms with E-state index in [-0.39, 0.29) is 0 Å². The SMILES string of the molecule is CCC1=C(C)CC(CC)CCC1. The Kier molecular flexibility index (Phi) is 3.84. The van der Waals surface area contributed by atoms with Crippen LogP contribution < -0.4 is 0 Å². The molecule has 12 heavy (non-hydrogen) atoms. The molecule has 0 saturated heterocycles. The van der Waals surface area contributed by atoms with Gasteiger partial charge in [-0.15, -0.1) is 0 Å². The molecule has 1 unspecified atom stereocenters. The molecule has 0 radical (unpaired) electrons. The molecule has 0 amide bonds. The van der Waals surface area contributed by atoms with Crippen LogP contribution in [0.25, 0.3) is 0 Å². The van der Waals surface area contributed by atoms with Gasteiger partial charge in [0.2, 0.25) is 0 Å². The first-order valence-corrected chi connectivity index (χ1v) is 5.45. The summed E-state index contributed by atoms with van der Waals surface area (Å²) in [6.07, 6.45) is 8.28. The lowest BCUT2D eigenvalue weighted by molar-refractivity contribution is 0.464. The Morgan fingerprint density at radius 2 is 2.08 bits per heavy atom. The second kappa shape index (κ2) is 4.69. The normalized spacial score (nSPS) is 25.8. The van der Waals surface area contributed by atoms with Crippen LogP contribution in [-0.4, -0.2) is 0 Å². The Balaban J connectivity index is 2.61. The molecular formula is C12H22. The summed E-state index contributed by atoms with van der Waals surface area (Å²) in [5.41, 5.74) is 3.44. The van der Waals surface area contributed by atoms with Gasteiger partial charge in [-0.3, -0.25) is 0 Å². The summed E-state index contributed by atoms with van der Waals surface area (Å²) < 4.78 is 0. The van der Waals surface area contributed by atoms with Gasteiger partial charge in [-0.2, -0.15) is 0 Å². The fourth-order valence-electron chi connectivity index (χ4n) is 2.32. The number of hydrogen-bond donors (Lipinski definition) is 0. The molecule has 0 aliphatic heterocycles. The summed E-state index contributed by atoms with van der Waals surface area (Å²) in [6.45, 7) is 6.97. The molecule has 1 atom stereocenters. The van der Waals surface area contributed by atoms with E-state index in [1.54, 1.807) is 11.1 Å². The molecule has 1 rings (SSSR count). The minimum Gasteiger partial charge on any atom is -0.0739 e. The first kappa shape index (κ1) is 9.83. The topological polar surface area (TPSA) is 0 Å². The largest absolute Gasteiger partial charge is 0.0739 e. The number of hydrogen-bond acceptors (Lipinski definition) is 0.